The Morgan fingerprint density at radius 3 is 2.72 bits per heavy atom. The normalized spacial score (nSPS) is 20.7. The summed E-state index contributed by atoms with van der Waals surface area (Å²) >= 11 is 1.25. The zero-order valence-corrected chi connectivity index (χ0v) is 15.2. The highest BCUT2D eigenvalue weighted by Crippen LogP contribution is 2.26. The molecule has 2 atom stereocenters. The molecule has 25 heavy (non-hydrogen) atoms. The van der Waals surface area contributed by atoms with Gasteiger partial charge in [-0.05, 0) is 45.2 Å². The van der Waals surface area contributed by atoms with E-state index in [2.05, 4.69) is 24.0 Å². The summed E-state index contributed by atoms with van der Waals surface area (Å²) in [6, 6.07) is 6.54. The SMILES string of the molecule is CC1CCCC(C)N1C(=O)CSc1nnc(-c2cccc(F)c2)n1N. The Kier molecular flexibility index (Phi) is 5.27. The van der Waals surface area contributed by atoms with E-state index in [1.165, 1.54) is 28.6 Å². The summed E-state index contributed by atoms with van der Waals surface area (Å²) in [7, 11) is 0. The van der Waals surface area contributed by atoms with Crippen LogP contribution in [0.2, 0.25) is 0 Å². The monoisotopic (exact) mass is 363 g/mol. The largest absolute Gasteiger partial charge is 0.337 e. The van der Waals surface area contributed by atoms with Gasteiger partial charge < -0.3 is 10.7 Å². The molecule has 1 fully saturated rings. The molecule has 1 aliphatic rings. The third-order valence-corrected chi connectivity index (χ3v) is 5.48. The van der Waals surface area contributed by atoms with Crippen LogP contribution in [0.3, 0.4) is 0 Å². The molecule has 6 nitrogen and oxygen atoms in total. The fraction of sp³-hybridized carbons (Fsp3) is 0.471. The molecule has 0 bridgehead atoms. The molecule has 2 heterocycles. The molecular formula is C17H22FN5OS. The molecule has 2 unspecified atom stereocenters. The summed E-state index contributed by atoms with van der Waals surface area (Å²) in [5.74, 6) is 6.38. The molecule has 1 aromatic carbocycles. The van der Waals surface area contributed by atoms with E-state index in [9.17, 15) is 9.18 Å². The van der Waals surface area contributed by atoms with E-state index in [-0.39, 0.29) is 29.6 Å². The van der Waals surface area contributed by atoms with Gasteiger partial charge in [-0.25, -0.2) is 9.07 Å². The molecule has 1 amide bonds. The third kappa shape index (κ3) is 3.78. The van der Waals surface area contributed by atoms with Crippen molar-refractivity contribution in [1.82, 2.24) is 19.8 Å². The molecule has 0 spiro atoms. The van der Waals surface area contributed by atoms with Crippen LogP contribution in [0, 0.1) is 5.82 Å². The summed E-state index contributed by atoms with van der Waals surface area (Å²) < 4.78 is 14.7. The van der Waals surface area contributed by atoms with Crippen LogP contribution in [0.5, 0.6) is 0 Å². The Bertz CT molecular complexity index is 755. The lowest BCUT2D eigenvalue weighted by atomic mass is 9.98. The first-order chi connectivity index (χ1) is 12.0. The van der Waals surface area contributed by atoms with Crippen molar-refractivity contribution in [2.24, 2.45) is 0 Å². The zero-order valence-electron chi connectivity index (χ0n) is 14.4. The second-order valence-electron chi connectivity index (χ2n) is 6.41. The first kappa shape index (κ1) is 17.7. The van der Waals surface area contributed by atoms with Gasteiger partial charge >= 0.3 is 0 Å². The number of carbonyl (C=O) groups excluding carboxylic acids is 1. The fourth-order valence-corrected chi connectivity index (χ4v) is 4.04. The molecule has 1 aliphatic heterocycles. The van der Waals surface area contributed by atoms with Gasteiger partial charge in [-0.3, -0.25) is 4.79 Å². The van der Waals surface area contributed by atoms with Crippen molar-refractivity contribution in [2.75, 3.05) is 11.6 Å². The van der Waals surface area contributed by atoms with Crippen molar-refractivity contribution < 1.29 is 9.18 Å². The van der Waals surface area contributed by atoms with Crippen LogP contribution in [-0.4, -0.2) is 43.5 Å². The Hall–Kier alpha value is -2.09. The number of hydrogen-bond donors (Lipinski definition) is 1. The van der Waals surface area contributed by atoms with Crippen molar-refractivity contribution >= 4 is 17.7 Å². The van der Waals surface area contributed by atoms with Crippen molar-refractivity contribution in [3.05, 3.63) is 30.1 Å². The first-order valence-electron chi connectivity index (χ1n) is 8.37. The number of hydrogen-bond acceptors (Lipinski definition) is 5. The Labute approximate surface area is 150 Å². The topological polar surface area (TPSA) is 77.0 Å². The van der Waals surface area contributed by atoms with Crippen LogP contribution in [0.4, 0.5) is 4.39 Å². The minimum Gasteiger partial charge on any atom is -0.337 e. The van der Waals surface area contributed by atoms with Gasteiger partial charge in [0.1, 0.15) is 5.82 Å². The van der Waals surface area contributed by atoms with E-state index in [0.29, 0.717) is 16.5 Å². The molecule has 3 rings (SSSR count). The molecule has 1 saturated heterocycles. The average Bonchev–Trinajstić information content (AvgIpc) is 2.93. The number of benzene rings is 1. The predicted octanol–water partition coefficient (Wildman–Crippen LogP) is 2.68. The Morgan fingerprint density at radius 1 is 1.32 bits per heavy atom. The lowest BCUT2D eigenvalue weighted by molar-refractivity contribution is -0.134. The van der Waals surface area contributed by atoms with Gasteiger partial charge in [0.25, 0.3) is 0 Å². The highest BCUT2D eigenvalue weighted by atomic mass is 32.2. The minimum absolute atomic E-state index is 0.0833. The number of halogens is 1. The van der Waals surface area contributed by atoms with Crippen LogP contribution in [0.1, 0.15) is 33.1 Å². The molecule has 1 aromatic heterocycles. The van der Waals surface area contributed by atoms with Crippen LogP contribution in [-0.2, 0) is 4.79 Å². The molecule has 2 aromatic rings. The van der Waals surface area contributed by atoms with Gasteiger partial charge in [0, 0.05) is 17.6 Å². The number of likely N-dealkylation sites (tertiary alicyclic amines) is 1. The molecule has 134 valence electrons. The summed E-state index contributed by atoms with van der Waals surface area (Å²) in [5.41, 5.74) is 0.548. The van der Waals surface area contributed by atoms with Crippen LogP contribution < -0.4 is 5.84 Å². The Morgan fingerprint density at radius 2 is 2.04 bits per heavy atom. The molecule has 0 radical (unpaired) electrons. The van der Waals surface area contributed by atoms with E-state index < -0.39 is 0 Å². The zero-order chi connectivity index (χ0) is 18.0. The van der Waals surface area contributed by atoms with Crippen LogP contribution in [0.25, 0.3) is 11.4 Å². The quantitative estimate of drug-likeness (QED) is 0.667. The number of rotatable bonds is 4. The average molecular weight is 363 g/mol. The standard InChI is InChI=1S/C17H22FN5OS/c1-11-5-3-6-12(2)22(11)15(24)10-25-17-21-20-16(23(17)19)13-7-4-8-14(18)9-13/h4,7-9,11-12H,3,5-6,10,19H2,1-2H3. The van der Waals surface area contributed by atoms with Crippen molar-refractivity contribution in [3.63, 3.8) is 0 Å². The second kappa shape index (κ2) is 7.43. The van der Waals surface area contributed by atoms with Crippen molar-refractivity contribution in [2.45, 2.75) is 50.4 Å². The van der Waals surface area contributed by atoms with Crippen LogP contribution in [0.15, 0.2) is 29.4 Å². The van der Waals surface area contributed by atoms with Crippen LogP contribution >= 0.6 is 11.8 Å². The molecular weight excluding hydrogens is 341 g/mol. The number of nitrogens with two attached hydrogens (primary N) is 1. The number of amides is 1. The van der Waals surface area contributed by atoms with E-state index in [1.54, 1.807) is 12.1 Å². The molecule has 2 N–H and O–H groups in total. The second-order valence-corrected chi connectivity index (χ2v) is 7.35. The summed E-state index contributed by atoms with van der Waals surface area (Å²) in [6.07, 6.45) is 3.24. The van der Waals surface area contributed by atoms with E-state index in [4.69, 9.17) is 5.84 Å². The summed E-state index contributed by atoms with van der Waals surface area (Å²) in [4.78, 5) is 14.5. The number of aromatic nitrogens is 3. The third-order valence-electron chi connectivity index (χ3n) is 4.55. The fourth-order valence-electron chi connectivity index (χ4n) is 3.31. The minimum atomic E-state index is -0.363. The number of nitrogens with zero attached hydrogens (tertiary/aromatic N) is 4. The molecule has 0 aliphatic carbocycles. The first-order valence-corrected chi connectivity index (χ1v) is 9.36. The lowest BCUT2D eigenvalue weighted by Crippen LogP contribution is -2.48. The summed E-state index contributed by atoms with van der Waals surface area (Å²) in [5, 5.41) is 8.49. The number of nitrogen functional groups attached to an aromatic ring is 1. The highest BCUT2D eigenvalue weighted by Gasteiger charge is 2.29. The number of piperidine rings is 1. The predicted molar refractivity (Wildman–Crippen MR) is 95.9 cm³/mol. The van der Waals surface area contributed by atoms with Gasteiger partial charge in [0.15, 0.2) is 5.82 Å². The van der Waals surface area contributed by atoms with Gasteiger partial charge in [0.2, 0.25) is 11.1 Å². The highest BCUT2D eigenvalue weighted by molar-refractivity contribution is 7.99. The summed E-state index contributed by atoms with van der Waals surface area (Å²) in [6.45, 7) is 4.18. The van der Waals surface area contributed by atoms with Gasteiger partial charge in [-0.1, -0.05) is 23.9 Å². The van der Waals surface area contributed by atoms with E-state index in [1.807, 2.05) is 4.90 Å². The number of thioether (sulfide) groups is 1. The maximum atomic E-state index is 13.4. The maximum absolute atomic E-state index is 13.4. The molecule has 8 heteroatoms. The Balaban J connectivity index is 1.69. The van der Waals surface area contributed by atoms with E-state index in [0.717, 1.165) is 19.3 Å². The smallest absolute Gasteiger partial charge is 0.233 e. The van der Waals surface area contributed by atoms with Gasteiger partial charge in [-0.15, -0.1) is 10.2 Å². The molecule has 0 saturated carbocycles. The number of carbonyl (C=O) groups is 1. The van der Waals surface area contributed by atoms with Crippen molar-refractivity contribution in [1.29, 1.82) is 0 Å². The van der Waals surface area contributed by atoms with Gasteiger partial charge in [0.05, 0.1) is 5.75 Å². The van der Waals surface area contributed by atoms with Crippen molar-refractivity contribution in [3.8, 4) is 11.4 Å². The van der Waals surface area contributed by atoms with E-state index >= 15 is 0 Å². The van der Waals surface area contributed by atoms with Gasteiger partial charge in [-0.2, -0.15) is 0 Å². The lowest BCUT2D eigenvalue weighted by Gasteiger charge is -2.39. The maximum Gasteiger partial charge on any atom is 0.233 e.